The van der Waals surface area contributed by atoms with Gasteiger partial charge in [-0.3, -0.25) is 9.69 Å². The number of hydrogen-bond donors (Lipinski definition) is 0. The summed E-state index contributed by atoms with van der Waals surface area (Å²) in [6, 6.07) is 0. The zero-order chi connectivity index (χ0) is 10.6. The van der Waals surface area contributed by atoms with Gasteiger partial charge in [-0.1, -0.05) is 6.92 Å². The quantitative estimate of drug-likeness (QED) is 0.649. The Morgan fingerprint density at radius 3 is 2.71 bits per heavy atom. The first kappa shape index (κ1) is 11.5. The first-order valence-electron chi connectivity index (χ1n) is 5.20. The third kappa shape index (κ3) is 2.96. The summed E-state index contributed by atoms with van der Waals surface area (Å²) in [6.07, 6.45) is 0.132. The van der Waals surface area contributed by atoms with Gasteiger partial charge >= 0.3 is 0 Å². The average molecular weight is 200 g/mol. The first-order chi connectivity index (χ1) is 6.67. The van der Waals surface area contributed by atoms with Gasteiger partial charge < -0.3 is 9.64 Å². The van der Waals surface area contributed by atoms with Crippen molar-refractivity contribution in [1.29, 1.82) is 0 Å². The third-order valence-electron chi connectivity index (χ3n) is 2.72. The molecule has 0 aromatic rings. The van der Waals surface area contributed by atoms with Crippen LogP contribution >= 0.6 is 0 Å². The van der Waals surface area contributed by atoms with E-state index in [4.69, 9.17) is 4.74 Å². The second-order valence-electron chi connectivity index (χ2n) is 3.75. The Balaban J connectivity index is 2.38. The number of amides is 1. The molecule has 0 radical (unpaired) electrons. The number of nitrogens with zero attached hydrogens (tertiary/aromatic N) is 2. The van der Waals surface area contributed by atoms with Crippen molar-refractivity contribution in [1.82, 2.24) is 9.80 Å². The summed E-state index contributed by atoms with van der Waals surface area (Å²) < 4.78 is 5.15. The maximum atomic E-state index is 11.6. The van der Waals surface area contributed by atoms with Gasteiger partial charge in [0.05, 0.1) is 12.6 Å². The van der Waals surface area contributed by atoms with Crippen LogP contribution in [0.3, 0.4) is 0 Å². The highest BCUT2D eigenvalue weighted by atomic mass is 16.5. The predicted octanol–water partition coefficient (Wildman–Crippen LogP) is 0.185. The van der Waals surface area contributed by atoms with Crippen molar-refractivity contribution in [3.8, 4) is 0 Å². The maximum Gasteiger partial charge on any atom is 0.236 e. The van der Waals surface area contributed by atoms with Crippen LogP contribution in [0.25, 0.3) is 0 Å². The number of piperazine rings is 1. The van der Waals surface area contributed by atoms with Gasteiger partial charge in [0, 0.05) is 26.7 Å². The minimum Gasteiger partial charge on any atom is -0.380 e. The van der Waals surface area contributed by atoms with E-state index >= 15 is 0 Å². The monoisotopic (exact) mass is 200 g/mol. The number of ether oxygens (including phenoxy) is 1. The summed E-state index contributed by atoms with van der Waals surface area (Å²) in [5, 5.41) is 0. The van der Waals surface area contributed by atoms with Crippen molar-refractivity contribution in [2.75, 3.05) is 39.8 Å². The molecule has 1 aliphatic heterocycles. The molecular formula is C10H20N2O2. The number of hydrogen-bond acceptors (Lipinski definition) is 3. The van der Waals surface area contributed by atoms with Crippen molar-refractivity contribution in [2.24, 2.45) is 0 Å². The summed E-state index contributed by atoms with van der Waals surface area (Å²) in [4.78, 5) is 15.7. The van der Waals surface area contributed by atoms with Crippen LogP contribution in [0.4, 0.5) is 0 Å². The number of likely N-dealkylation sites (N-methyl/N-ethyl adjacent to an activating group) is 1. The van der Waals surface area contributed by atoms with Gasteiger partial charge in [-0.25, -0.2) is 0 Å². The minimum absolute atomic E-state index is 0.132. The van der Waals surface area contributed by atoms with E-state index < -0.39 is 0 Å². The highest BCUT2D eigenvalue weighted by Crippen LogP contribution is 2.04. The minimum atomic E-state index is 0.132. The third-order valence-corrected chi connectivity index (χ3v) is 2.72. The Morgan fingerprint density at radius 2 is 2.21 bits per heavy atom. The Kier molecular flexibility index (Phi) is 4.35. The largest absolute Gasteiger partial charge is 0.380 e. The molecule has 1 unspecified atom stereocenters. The molecule has 0 aromatic heterocycles. The van der Waals surface area contributed by atoms with Crippen LogP contribution in [0.5, 0.6) is 0 Å². The van der Waals surface area contributed by atoms with Crippen molar-refractivity contribution < 1.29 is 9.53 Å². The Labute approximate surface area is 85.8 Å². The van der Waals surface area contributed by atoms with Gasteiger partial charge in [-0.05, 0) is 13.5 Å². The summed E-state index contributed by atoms with van der Waals surface area (Å²) in [6.45, 7) is 8.12. The van der Waals surface area contributed by atoms with E-state index in [1.165, 1.54) is 0 Å². The van der Waals surface area contributed by atoms with Crippen LogP contribution in [0.1, 0.15) is 13.8 Å². The van der Waals surface area contributed by atoms with E-state index in [9.17, 15) is 4.79 Å². The smallest absolute Gasteiger partial charge is 0.236 e. The predicted molar refractivity (Wildman–Crippen MR) is 55.2 cm³/mol. The van der Waals surface area contributed by atoms with Crippen LogP contribution in [0, 0.1) is 0 Å². The SMILES string of the molecule is CCN1CCN(CC(C)OC)C(=O)C1. The fourth-order valence-electron chi connectivity index (χ4n) is 1.61. The molecule has 1 atom stereocenters. The molecule has 1 amide bonds. The number of carbonyl (C=O) groups excluding carboxylic acids is 1. The van der Waals surface area contributed by atoms with E-state index in [1.807, 2.05) is 11.8 Å². The zero-order valence-electron chi connectivity index (χ0n) is 9.32. The van der Waals surface area contributed by atoms with E-state index in [0.29, 0.717) is 13.1 Å². The maximum absolute atomic E-state index is 11.6. The van der Waals surface area contributed by atoms with E-state index in [0.717, 1.165) is 19.6 Å². The molecule has 1 fully saturated rings. The first-order valence-corrected chi connectivity index (χ1v) is 5.20. The molecule has 0 saturated carbocycles. The molecule has 0 N–H and O–H groups in total. The van der Waals surface area contributed by atoms with Crippen LogP contribution in [-0.4, -0.2) is 61.6 Å². The molecule has 4 nitrogen and oxygen atoms in total. The van der Waals surface area contributed by atoms with Gasteiger partial charge in [0.2, 0.25) is 5.91 Å². The molecule has 1 heterocycles. The molecular weight excluding hydrogens is 180 g/mol. The number of methoxy groups -OCH3 is 1. The van der Waals surface area contributed by atoms with Crippen molar-refractivity contribution in [3.05, 3.63) is 0 Å². The molecule has 82 valence electrons. The molecule has 1 rings (SSSR count). The second-order valence-corrected chi connectivity index (χ2v) is 3.75. The highest BCUT2D eigenvalue weighted by Gasteiger charge is 2.23. The van der Waals surface area contributed by atoms with Crippen molar-refractivity contribution in [2.45, 2.75) is 20.0 Å². The van der Waals surface area contributed by atoms with E-state index in [2.05, 4.69) is 11.8 Å². The fraction of sp³-hybridized carbons (Fsp3) is 0.900. The van der Waals surface area contributed by atoms with Gasteiger partial charge in [0.25, 0.3) is 0 Å². The average Bonchev–Trinajstić information content (AvgIpc) is 2.20. The molecule has 0 bridgehead atoms. The topological polar surface area (TPSA) is 32.8 Å². The Hall–Kier alpha value is -0.610. The second kappa shape index (κ2) is 5.32. The molecule has 0 aliphatic carbocycles. The van der Waals surface area contributed by atoms with Gasteiger partial charge in [0.15, 0.2) is 0 Å². The lowest BCUT2D eigenvalue weighted by molar-refractivity contribution is -0.137. The lowest BCUT2D eigenvalue weighted by Crippen LogP contribution is -2.51. The summed E-state index contributed by atoms with van der Waals surface area (Å²) >= 11 is 0. The fourth-order valence-corrected chi connectivity index (χ4v) is 1.61. The zero-order valence-corrected chi connectivity index (χ0v) is 9.32. The lowest BCUT2D eigenvalue weighted by Gasteiger charge is -2.34. The molecule has 1 saturated heterocycles. The van der Waals surface area contributed by atoms with Crippen molar-refractivity contribution >= 4 is 5.91 Å². The van der Waals surface area contributed by atoms with Gasteiger partial charge in [-0.15, -0.1) is 0 Å². The van der Waals surface area contributed by atoms with Crippen molar-refractivity contribution in [3.63, 3.8) is 0 Å². The molecule has 0 aromatic carbocycles. The Morgan fingerprint density at radius 1 is 1.50 bits per heavy atom. The molecule has 0 spiro atoms. The van der Waals surface area contributed by atoms with E-state index in [1.54, 1.807) is 7.11 Å². The van der Waals surface area contributed by atoms with Crippen LogP contribution in [0.15, 0.2) is 0 Å². The van der Waals surface area contributed by atoms with Crippen LogP contribution in [-0.2, 0) is 9.53 Å². The van der Waals surface area contributed by atoms with Gasteiger partial charge in [-0.2, -0.15) is 0 Å². The van der Waals surface area contributed by atoms with Crippen LogP contribution in [0.2, 0.25) is 0 Å². The number of rotatable bonds is 4. The molecule has 1 aliphatic rings. The van der Waals surface area contributed by atoms with E-state index in [-0.39, 0.29) is 12.0 Å². The summed E-state index contributed by atoms with van der Waals surface area (Å²) in [5.74, 6) is 0.224. The highest BCUT2D eigenvalue weighted by molar-refractivity contribution is 5.79. The normalized spacial score (nSPS) is 21.4. The van der Waals surface area contributed by atoms with Gasteiger partial charge in [0.1, 0.15) is 0 Å². The standard InChI is InChI=1S/C10H20N2O2/c1-4-11-5-6-12(10(13)8-11)7-9(2)14-3/h9H,4-8H2,1-3H3. The lowest BCUT2D eigenvalue weighted by atomic mass is 10.2. The summed E-state index contributed by atoms with van der Waals surface area (Å²) in [5.41, 5.74) is 0. The van der Waals surface area contributed by atoms with Crippen LogP contribution < -0.4 is 0 Å². The molecule has 4 heteroatoms. The number of carbonyl (C=O) groups is 1. The Bertz CT molecular complexity index is 197. The molecule has 14 heavy (non-hydrogen) atoms. The summed E-state index contributed by atoms with van der Waals surface area (Å²) in [7, 11) is 1.68.